The number of rotatable bonds is 3. The van der Waals surface area contributed by atoms with Gasteiger partial charge in [0.2, 0.25) is 5.91 Å². The molecule has 0 fully saturated rings. The van der Waals surface area contributed by atoms with E-state index in [9.17, 15) is 10.1 Å². The van der Waals surface area contributed by atoms with Crippen LogP contribution < -0.4 is 5.32 Å². The van der Waals surface area contributed by atoms with Crippen LogP contribution in [0.5, 0.6) is 0 Å². The second-order valence-corrected chi connectivity index (χ2v) is 8.23. The summed E-state index contributed by atoms with van der Waals surface area (Å²) in [7, 11) is 0. The lowest BCUT2D eigenvalue weighted by Crippen LogP contribution is -2.37. The van der Waals surface area contributed by atoms with Gasteiger partial charge >= 0.3 is 0 Å². The molecule has 2 aromatic carbocycles. The van der Waals surface area contributed by atoms with Gasteiger partial charge in [-0.15, -0.1) is 11.3 Å². The molecule has 0 saturated carbocycles. The first kappa shape index (κ1) is 17.7. The van der Waals surface area contributed by atoms with E-state index in [0.29, 0.717) is 22.1 Å². The number of carbonyl (C=O) groups is 1. The maximum Gasteiger partial charge on any atom is 0.233 e. The van der Waals surface area contributed by atoms with E-state index in [4.69, 9.17) is 11.6 Å². The largest absolute Gasteiger partial charge is 0.301 e. The Kier molecular flexibility index (Phi) is 4.47. The molecule has 1 aliphatic rings. The van der Waals surface area contributed by atoms with Crippen LogP contribution in [0.25, 0.3) is 0 Å². The Labute approximate surface area is 166 Å². The maximum atomic E-state index is 13.3. The molecule has 0 unspecified atom stereocenters. The highest BCUT2D eigenvalue weighted by molar-refractivity contribution is 7.13. The average Bonchev–Trinajstić information content (AvgIpc) is 3.26. The minimum absolute atomic E-state index is 0.0860. The van der Waals surface area contributed by atoms with Crippen molar-refractivity contribution in [1.29, 1.82) is 5.26 Å². The van der Waals surface area contributed by atoms with Crippen LogP contribution in [0.1, 0.15) is 35.1 Å². The van der Waals surface area contributed by atoms with Crippen molar-refractivity contribution in [3.05, 3.63) is 81.3 Å². The second-order valence-electron chi connectivity index (χ2n) is 6.90. The molecule has 0 saturated heterocycles. The molecule has 0 bridgehead atoms. The lowest BCUT2D eigenvalue weighted by Gasteiger charge is -2.31. The normalized spacial score (nSPS) is 20.7. The molecule has 1 N–H and O–H groups in total. The second kappa shape index (κ2) is 6.80. The van der Waals surface area contributed by atoms with Crippen molar-refractivity contribution < 1.29 is 4.79 Å². The van der Waals surface area contributed by atoms with Crippen molar-refractivity contribution in [2.45, 2.75) is 19.3 Å². The molecule has 134 valence electrons. The van der Waals surface area contributed by atoms with Crippen LogP contribution in [0.4, 0.5) is 5.13 Å². The predicted molar refractivity (Wildman–Crippen MR) is 107 cm³/mol. The quantitative estimate of drug-likeness (QED) is 0.680. The van der Waals surface area contributed by atoms with Crippen molar-refractivity contribution in [1.82, 2.24) is 4.98 Å². The molecule has 4 rings (SSSR count). The van der Waals surface area contributed by atoms with Crippen LogP contribution in [0, 0.1) is 16.7 Å². The molecular formula is C21H16ClN3OS. The number of halogens is 1. The fourth-order valence-corrected chi connectivity index (χ4v) is 4.63. The third kappa shape index (κ3) is 3.12. The number of benzene rings is 2. The molecule has 3 aromatic rings. The highest BCUT2D eigenvalue weighted by Crippen LogP contribution is 2.51. The molecule has 1 aliphatic carbocycles. The van der Waals surface area contributed by atoms with E-state index in [1.165, 1.54) is 11.3 Å². The van der Waals surface area contributed by atoms with Gasteiger partial charge in [0.1, 0.15) is 0 Å². The number of nitrogens with one attached hydrogen (secondary N) is 1. The van der Waals surface area contributed by atoms with E-state index in [2.05, 4.69) is 16.4 Å². The molecule has 6 heteroatoms. The van der Waals surface area contributed by atoms with Crippen molar-refractivity contribution >= 4 is 34.0 Å². The number of aromatic nitrogens is 1. The van der Waals surface area contributed by atoms with Crippen LogP contribution in [0.15, 0.2) is 54.0 Å². The van der Waals surface area contributed by atoms with Crippen LogP contribution in [-0.4, -0.2) is 10.9 Å². The van der Waals surface area contributed by atoms with Crippen molar-refractivity contribution in [3.63, 3.8) is 0 Å². The van der Waals surface area contributed by atoms with E-state index in [0.717, 1.165) is 16.7 Å². The summed E-state index contributed by atoms with van der Waals surface area (Å²) >= 11 is 7.63. The van der Waals surface area contributed by atoms with Crippen LogP contribution >= 0.6 is 22.9 Å². The van der Waals surface area contributed by atoms with Gasteiger partial charge in [0.15, 0.2) is 5.13 Å². The summed E-state index contributed by atoms with van der Waals surface area (Å²) in [4.78, 5) is 17.5. The van der Waals surface area contributed by atoms with E-state index in [-0.39, 0.29) is 11.8 Å². The Morgan fingerprint density at radius 3 is 2.93 bits per heavy atom. The molecule has 0 radical (unpaired) electrons. The van der Waals surface area contributed by atoms with Gasteiger partial charge in [-0.05, 0) is 54.3 Å². The van der Waals surface area contributed by atoms with Gasteiger partial charge < -0.3 is 5.32 Å². The number of carbonyl (C=O) groups excluding carboxylic acids is 1. The highest BCUT2D eigenvalue weighted by atomic mass is 35.5. The molecule has 0 spiro atoms. The number of nitriles is 1. The first-order valence-corrected chi connectivity index (χ1v) is 9.76. The van der Waals surface area contributed by atoms with E-state index >= 15 is 0 Å². The van der Waals surface area contributed by atoms with Gasteiger partial charge in [-0.3, -0.25) is 4.79 Å². The molecule has 1 amide bonds. The first-order chi connectivity index (χ1) is 13.0. The summed E-state index contributed by atoms with van der Waals surface area (Å²) in [6.45, 7) is 1.97. The number of amides is 1. The summed E-state index contributed by atoms with van der Waals surface area (Å²) in [6.07, 6.45) is 2.25. The molecular weight excluding hydrogens is 378 g/mol. The van der Waals surface area contributed by atoms with Crippen LogP contribution in [0.3, 0.4) is 0 Å². The SMILES string of the molecule is C[C@@]1(C(=O)Nc2nccs2)Cc2ccc(C#N)cc2[C@@H]1c1cccc(Cl)c1. The Bertz CT molecular complexity index is 1060. The molecule has 1 heterocycles. The Morgan fingerprint density at radius 2 is 2.22 bits per heavy atom. The molecule has 2 atom stereocenters. The van der Waals surface area contributed by atoms with Gasteiger partial charge in [-0.2, -0.15) is 5.26 Å². The van der Waals surface area contributed by atoms with Gasteiger partial charge in [-0.1, -0.05) is 29.8 Å². The topological polar surface area (TPSA) is 65.8 Å². The summed E-state index contributed by atoms with van der Waals surface area (Å²) < 4.78 is 0. The van der Waals surface area contributed by atoms with Gasteiger partial charge in [-0.25, -0.2) is 4.98 Å². The Hall–Kier alpha value is -2.68. The van der Waals surface area contributed by atoms with Gasteiger partial charge in [0, 0.05) is 22.5 Å². The molecule has 27 heavy (non-hydrogen) atoms. The smallest absolute Gasteiger partial charge is 0.233 e. The predicted octanol–water partition coefficient (Wildman–Crippen LogP) is 5.00. The van der Waals surface area contributed by atoms with Crippen molar-refractivity contribution in [2.75, 3.05) is 5.32 Å². The lowest BCUT2D eigenvalue weighted by molar-refractivity contribution is -0.125. The highest BCUT2D eigenvalue weighted by Gasteiger charge is 2.49. The Morgan fingerprint density at radius 1 is 1.37 bits per heavy atom. The lowest BCUT2D eigenvalue weighted by atomic mass is 9.73. The summed E-state index contributed by atoms with van der Waals surface area (Å²) in [6, 6.07) is 15.4. The van der Waals surface area contributed by atoms with Crippen molar-refractivity contribution in [3.8, 4) is 6.07 Å². The van der Waals surface area contributed by atoms with E-state index in [1.807, 2.05) is 48.7 Å². The Balaban J connectivity index is 1.83. The average molecular weight is 394 g/mol. The number of hydrogen-bond acceptors (Lipinski definition) is 4. The maximum absolute atomic E-state index is 13.3. The van der Waals surface area contributed by atoms with Gasteiger partial charge in [0.05, 0.1) is 17.0 Å². The van der Waals surface area contributed by atoms with Crippen LogP contribution in [-0.2, 0) is 11.2 Å². The minimum atomic E-state index is -0.716. The summed E-state index contributed by atoms with van der Waals surface area (Å²) in [5.41, 5.74) is 2.93. The number of hydrogen-bond donors (Lipinski definition) is 1. The zero-order valence-electron chi connectivity index (χ0n) is 14.6. The summed E-state index contributed by atoms with van der Waals surface area (Å²) in [5, 5.41) is 15.3. The monoisotopic (exact) mass is 393 g/mol. The third-order valence-corrected chi connectivity index (χ3v) is 6.06. The number of fused-ring (bicyclic) bond motifs is 1. The first-order valence-electron chi connectivity index (χ1n) is 8.50. The molecule has 0 aliphatic heterocycles. The number of anilines is 1. The zero-order valence-corrected chi connectivity index (χ0v) is 16.1. The fourth-order valence-electron chi connectivity index (χ4n) is 3.91. The van der Waals surface area contributed by atoms with E-state index < -0.39 is 5.41 Å². The fraction of sp³-hybridized carbons (Fsp3) is 0.190. The van der Waals surface area contributed by atoms with Crippen LogP contribution in [0.2, 0.25) is 5.02 Å². The zero-order chi connectivity index (χ0) is 19.0. The minimum Gasteiger partial charge on any atom is -0.301 e. The van der Waals surface area contributed by atoms with E-state index in [1.54, 1.807) is 12.3 Å². The van der Waals surface area contributed by atoms with Gasteiger partial charge in [0.25, 0.3) is 0 Å². The van der Waals surface area contributed by atoms with Crippen molar-refractivity contribution in [2.24, 2.45) is 5.41 Å². The number of thiazole rings is 1. The third-order valence-electron chi connectivity index (χ3n) is 5.13. The molecule has 4 nitrogen and oxygen atoms in total. The number of nitrogens with zero attached hydrogens (tertiary/aromatic N) is 2. The standard InChI is InChI=1S/C21H16ClN3OS/c1-21(19(26)25-20-24-7-8-27-20)11-15-6-5-13(12-23)9-17(15)18(21)14-3-2-4-16(22)10-14/h2-10,18H,11H2,1H3,(H,24,25,26)/t18-,21+/m0/s1. The summed E-state index contributed by atoms with van der Waals surface area (Å²) in [5.74, 6) is -0.281. The molecule has 1 aromatic heterocycles.